The van der Waals surface area contributed by atoms with Crippen molar-refractivity contribution in [3.05, 3.63) is 55.1 Å². The minimum atomic E-state index is -0.399. The Bertz CT molecular complexity index is 760. The molecule has 0 aromatic carbocycles. The van der Waals surface area contributed by atoms with E-state index < -0.39 is 5.54 Å². The van der Waals surface area contributed by atoms with Gasteiger partial charge in [-0.2, -0.15) is 0 Å². The molecule has 2 aromatic heterocycles. The zero-order chi connectivity index (χ0) is 19.3. The molecule has 7 nitrogen and oxygen atoms in total. The van der Waals surface area contributed by atoms with E-state index in [-0.39, 0.29) is 18.3 Å². The summed E-state index contributed by atoms with van der Waals surface area (Å²) in [6, 6.07) is 7.04. The van der Waals surface area contributed by atoms with Gasteiger partial charge in [-0.1, -0.05) is 6.08 Å². The Morgan fingerprint density at radius 1 is 1.37 bits per heavy atom. The van der Waals surface area contributed by atoms with E-state index in [1.54, 1.807) is 18.3 Å². The lowest BCUT2D eigenvalue weighted by atomic mass is 10.0. The third kappa shape index (κ3) is 4.37. The third-order valence-corrected chi connectivity index (χ3v) is 5.05. The van der Waals surface area contributed by atoms with Gasteiger partial charge >= 0.3 is 0 Å². The van der Waals surface area contributed by atoms with Crippen molar-refractivity contribution in [3.8, 4) is 0 Å². The van der Waals surface area contributed by atoms with Crippen molar-refractivity contribution < 1.29 is 14.3 Å². The predicted molar refractivity (Wildman–Crippen MR) is 105 cm³/mol. The Kier molecular flexibility index (Phi) is 5.93. The number of aliphatic hydroxyl groups is 1. The average Bonchev–Trinajstić information content (AvgIpc) is 3.13. The van der Waals surface area contributed by atoms with Gasteiger partial charge in [0, 0.05) is 26.2 Å². The van der Waals surface area contributed by atoms with Crippen LogP contribution in [-0.2, 0) is 0 Å². The lowest BCUT2D eigenvalue weighted by molar-refractivity contribution is 0.0854. The standard InChI is InChI=1S/C20H26N4O3/c1-3-20(2,15-25)24-10-5-9-23(11-12-24)18-8-7-16(14-21-18)22-19(26)17-6-4-13-27-17/h3-4,6-8,13-14,25H,1,5,9-12,15H2,2H3,(H,22,26). The number of nitrogens with one attached hydrogen (secondary N) is 1. The van der Waals surface area contributed by atoms with Crippen LogP contribution >= 0.6 is 0 Å². The Morgan fingerprint density at radius 3 is 2.85 bits per heavy atom. The average molecular weight is 370 g/mol. The molecule has 1 amide bonds. The zero-order valence-electron chi connectivity index (χ0n) is 15.6. The SMILES string of the molecule is C=CC(C)(CO)N1CCCN(c2ccc(NC(=O)c3ccco3)cn2)CC1. The molecule has 2 N–H and O–H groups in total. The number of hydrogen-bond donors (Lipinski definition) is 2. The summed E-state index contributed by atoms with van der Waals surface area (Å²) in [4.78, 5) is 21.0. The summed E-state index contributed by atoms with van der Waals surface area (Å²) < 4.78 is 5.09. The van der Waals surface area contributed by atoms with Gasteiger partial charge in [0.05, 0.1) is 30.3 Å². The summed E-state index contributed by atoms with van der Waals surface area (Å²) in [5, 5.41) is 12.5. The normalized spacial score (nSPS) is 17.8. The molecule has 0 radical (unpaired) electrons. The molecule has 1 saturated heterocycles. The van der Waals surface area contributed by atoms with Crippen LogP contribution in [0.3, 0.4) is 0 Å². The molecular weight excluding hydrogens is 344 g/mol. The van der Waals surface area contributed by atoms with E-state index in [1.807, 2.05) is 25.1 Å². The molecule has 1 fully saturated rings. The highest BCUT2D eigenvalue weighted by atomic mass is 16.3. The number of nitrogens with zero attached hydrogens (tertiary/aromatic N) is 3. The number of aliphatic hydroxyl groups excluding tert-OH is 1. The second-order valence-corrected chi connectivity index (χ2v) is 6.88. The maximum Gasteiger partial charge on any atom is 0.291 e. The quantitative estimate of drug-likeness (QED) is 0.760. The third-order valence-electron chi connectivity index (χ3n) is 5.05. The van der Waals surface area contributed by atoms with Crippen molar-refractivity contribution in [3.63, 3.8) is 0 Å². The van der Waals surface area contributed by atoms with Gasteiger partial charge in [-0.3, -0.25) is 9.69 Å². The molecule has 3 heterocycles. The molecule has 27 heavy (non-hydrogen) atoms. The highest BCUT2D eigenvalue weighted by molar-refractivity contribution is 6.02. The fraction of sp³-hybridized carbons (Fsp3) is 0.400. The highest BCUT2D eigenvalue weighted by Gasteiger charge is 2.29. The summed E-state index contributed by atoms with van der Waals surface area (Å²) in [5.41, 5.74) is 0.222. The smallest absolute Gasteiger partial charge is 0.291 e. The maximum atomic E-state index is 12.0. The van der Waals surface area contributed by atoms with Gasteiger partial charge in [-0.15, -0.1) is 6.58 Å². The Balaban J connectivity index is 1.62. The van der Waals surface area contributed by atoms with Crippen LogP contribution in [0.2, 0.25) is 0 Å². The van der Waals surface area contributed by atoms with Gasteiger partial charge < -0.3 is 19.7 Å². The molecule has 1 atom stereocenters. The van der Waals surface area contributed by atoms with Crippen molar-refractivity contribution in [1.29, 1.82) is 0 Å². The number of aromatic nitrogens is 1. The fourth-order valence-corrected chi connectivity index (χ4v) is 3.20. The van der Waals surface area contributed by atoms with Crippen LogP contribution < -0.4 is 10.2 Å². The molecule has 0 aliphatic carbocycles. The molecule has 2 aromatic rings. The van der Waals surface area contributed by atoms with E-state index >= 15 is 0 Å². The molecule has 3 rings (SSSR count). The van der Waals surface area contributed by atoms with Gasteiger partial charge in [0.25, 0.3) is 5.91 Å². The van der Waals surface area contributed by atoms with Gasteiger partial charge in [-0.05, 0) is 37.6 Å². The second-order valence-electron chi connectivity index (χ2n) is 6.88. The molecule has 7 heteroatoms. The fourth-order valence-electron chi connectivity index (χ4n) is 3.20. The summed E-state index contributed by atoms with van der Waals surface area (Å²) in [6.45, 7) is 9.35. The summed E-state index contributed by atoms with van der Waals surface area (Å²) >= 11 is 0. The van der Waals surface area contributed by atoms with E-state index in [0.717, 1.165) is 38.4 Å². The first-order valence-electron chi connectivity index (χ1n) is 9.11. The first-order chi connectivity index (χ1) is 13.1. The summed E-state index contributed by atoms with van der Waals surface area (Å²) in [6.07, 6.45) is 5.91. The molecule has 1 aliphatic rings. The number of amides is 1. The largest absolute Gasteiger partial charge is 0.459 e. The van der Waals surface area contributed by atoms with E-state index in [0.29, 0.717) is 5.69 Å². The van der Waals surface area contributed by atoms with Crippen molar-refractivity contribution in [2.24, 2.45) is 0 Å². The first-order valence-corrected chi connectivity index (χ1v) is 9.11. The molecule has 0 spiro atoms. The molecular formula is C20H26N4O3. The minimum Gasteiger partial charge on any atom is -0.459 e. The predicted octanol–water partition coefficient (Wildman–Crippen LogP) is 2.38. The Hall–Kier alpha value is -2.64. The Labute approximate surface area is 159 Å². The van der Waals surface area contributed by atoms with Gasteiger partial charge in [0.2, 0.25) is 0 Å². The number of carbonyl (C=O) groups is 1. The molecule has 0 bridgehead atoms. The first kappa shape index (κ1) is 19.1. The van der Waals surface area contributed by atoms with E-state index in [9.17, 15) is 9.90 Å². The van der Waals surface area contributed by atoms with Gasteiger partial charge in [0.15, 0.2) is 5.76 Å². The number of anilines is 2. The second kappa shape index (κ2) is 8.37. The monoisotopic (exact) mass is 370 g/mol. The van der Waals surface area contributed by atoms with Gasteiger partial charge in [-0.25, -0.2) is 4.98 Å². The maximum absolute atomic E-state index is 12.0. The molecule has 1 unspecified atom stereocenters. The zero-order valence-corrected chi connectivity index (χ0v) is 15.6. The van der Waals surface area contributed by atoms with Crippen molar-refractivity contribution in [1.82, 2.24) is 9.88 Å². The summed E-state index contributed by atoms with van der Waals surface area (Å²) in [5.74, 6) is 0.839. The molecule has 0 saturated carbocycles. The van der Waals surface area contributed by atoms with Gasteiger partial charge in [0.1, 0.15) is 5.82 Å². The lowest BCUT2D eigenvalue weighted by Crippen LogP contribution is -2.49. The van der Waals surface area contributed by atoms with Crippen LogP contribution in [0.25, 0.3) is 0 Å². The number of pyridine rings is 1. The van der Waals surface area contributed by atoms with Crippen LogP contribution in [0.4, 0.5) is 11.5 Å². The number of rotatable bonds is 6. The van der Waals surface area contributed by atoms with E-state index in [4.69, 9.17) is 4.42 Å². The number of furan rings is 1. The van der Waals surface area contributed by atoms with Crippen LogP contribution in [0.1, 0.15) is 23.9 Å². The van der Waals surface area contributed by atoms with Crippen LogP contribution in [-0.4, -0.2) is 59.2 Å². The van der Waals surface area contributed by atoms with Crippen molar-refractivity contribution >= 4 is 17.4 Å². The topological polar surface area (TPSA) is 81.8 Å². The van der Waals surface area contributed by atoms with Crippen LogP contribution in [0, 0.1) is 0 Å². The lowest BCUT2D eigenvalue weighted by Gasteiger charge is -2.37. The van der Waals surface area contributed by atoms with E-state index in [1.165, 1.54) is 6.26 Å². The highest BCUT2D eigenvalue weighted by Crippen LogP contribution is 2.21. The van der Waals surface area contributed by atoms with E-state index in [2.05, 4.69) is 26.7 Å². The minimum absolute atomic E-state index is 0.0544. The summed E-state index contributed by atoms with van der Waals surface area (Å²) in [7, 11) is 0. The van der Waals surface area contributed by atoms with Crippen LogP contribution in [0.15, 0.2) is 53.8 Å². The van der Waals surface area contributed by atoms with Crippen LogP contribution in [0.5, 0.6) is 0 Å². The van der Waals surface area contributed by atoms with Crippen molar-refractivity contribution in [2.45, 2.75) is 18.9 Å². The Morgan fingerprint density at radius 2 is 2.22 bits per heavy atom. The number of hydrogen-bond acceptors (Lipinski definition) is 6. The molecule has 144 valence electrons. The number of carbonyl (C=O) groups excluding carboxylic acids is 1. The van der Waals surface area contributed by atoms with Crippen molar-refractivity contribution in [2.75, 3.05) is 43.0 Å². The molecule has 1 aliphatic heterocycles.